The third-order valence-corrected chi connectivity index (χ3v) is 5.02. The van der Waals surface area contributed by atoms with Crippen LogP contribution in [0.3, 0.4) is 0 Å². The smallest absolute Gasteiger partial charge is 0.251 e. The number of piperazine rings is 1. The van der Waals surface area contributed by atoms with Gasteiger partial charge in [0.1, 0.15) is 0 Å². The maximum absolute atomic E-state index is 12.4. The van der Waals surface area contributed by atoms with Crippen LogP contribution in [0.4, 0.5) is 5.69 Å². The zero-order valence-corrected chi connectivity index (χ0v) is 16.2. The van der Waals surface area contributed by atoms with Gasteiger partial charge in [0.2, 0.25) is 0 Å². The number of carbonyl (C=O) groups excluding carboxylic acids is 1. The van der Waals surface area contributed by atoms with Crippen molar-refractivity contribution >= 4 is 11.6 Å². The van der Waals surface area contributed by atoms with Crippen LogP contribution in [0.1, 0.15) is 22.8 Å². The van der Waals surface area contributed by atoms with Crippen molar-refractivity contribution < 1.29 is 4.79 Å². The monoisotopic (exact) mass is 366 g/mol. The van der Waals surface area contributed by atoms with E-state index in [1.165, 1.54) is 5.56 Å². The molecular weight excluding hydrogens is 336 g/mol. The molecule has 0 atom stereocenters. The van der Waals surface area contributed by atoms with Gasteiger partial charge < -0.3 is 15.5 Å². The van der Waals surface area contributed by atoms with Crippen molar-refractivity contribution in [1.29, 1.82) is 0 Å². The second kappa shape index (κ2) is 10.1. The van der Waals surface area contributed by atoms with Crippen LogP contribution in [-0.2, 0) is 6.54 Å². The Balaban J connectivity index is 1.51. The van der Waals surface area contributed by atoms with E-state index in [0.717, 1.165) is 57.1 Å². The molecule has 0 saturated carbocycles. The minimum atomic E-state index is 0.00259. The molecule has 1 amide bonds. The second-order valence-electron chi connectivity index (χ2n) is 6.89. The summed E-state index contributed by atoms with van der Waals surface area (Å²) in [5, 5.41) is 6.38. The molecule has 2 N–H and O–H groups in total. The first kappa shape index (κ1) is 19.4. The Labute approximate surface area is 162 Å². The predicted molar refractivity (Wildman–Crippen MR) is 111 cm³/mol. The van der Waals surface area contributed by atoms with E-state index in [9.17, 15) is 4.79 Å². The standard InChI is InChI=1S/C22H30N4O/c1-2-26(18-19-6-4-3-5-7-19)21-10-8-20(9-11-21)22(27)24-14-17-25-15-12-23-13-16-25/h3-11,23H,2,12-18H2,1H3,(H,24,27). The lowest BCUT2D eigenvalue weighted by molar-refractivity contribution is 0.0947. The van der Waals surface area contributed by atoms with E-state index in [4.69, 9.17) is 0 Å². The lowest BCUT2D eigenvalue weighted by Gasteiger charge is -2.27. The Bertz CT molecular complexity index is 696. The number of amides is 1. The summed E-state index contributed by atoms with van der Waals surface area (Å²) >= 11 is 0. The largest absolute Gasteiger partial charge is 0.367 e. The highest BCUT2D eigenvalue weighted by molar-refractivity contribution is 5.94. The molecular formula is C22H30N4O. The van der Waals surface area contributed by atoms with Crippen molar-refractivity contribution in [3.05, 3.63) is 65.7 Å². The minimum Gasteiger partial charge on any atom is -0.367 e. The fraction of sp³-hybridized carbons (Fsp3) is 0.409. The topological polar surface area (TPSA) is 47.6 Å². The normalized spacial score (nSPS) is 14.7. The summed E-state index contributed by atoms with van der Waals surface area (Å²) in [7, 11) is 0. The molecule has 1 aliphatic heterocycles. The van der Waals surface area contributed by atoms with Crippen LogP contribution in [0.2, 0.25) is 0 Å². The lowest BCUT2D eigenvalue weighted by Crippen LogP contribution is -2.46. The van der Waals surface area contributed by atoms with Crippen LogP contribution < -0.4 is 15.5 Å². The van der Waals surface area contributed by atoms with Crippen molar-refractivity contribution in [1.82, 2.24) is 15.5 Å². The third kappa shape index (κ3) is 5.81. The summed E-state index contributed by atoms with van der Waals surface area (Å²) in [6.07, 6.45) is 0. The Morgan fingerprint density at radius 1 is 1.07 bits per heavy atom. The van der Waals surface area contributed by atoms with E-state index >= 15 is 0 Å². The molecule has 27 heavy (non-hydrogen) atoms. The van der Waals surface area contributed by atoms with Gasteiger partial charge in [-0.25, -0.2) is 0 Å². The van der Waals surface area contributed by atoms with Gasteiger partial charge in [0.25, 0.3) is 5.91 Å². The van der Waals surface area contributed by atoms with Gasteiger partial charge in [-0.15, -0.1) is 0 Å². The average Bonchev–Trinajstić information content (AvgIpc) is 2.73. The number of rotatable bonds is 8. The SMILES string of the molecule is CCN(Cc1ccccc1)c1ccc(C(=O)NCCN2CCNCC2)cc1. The highest BCUT2D eigenvalue weighted by atomic mass is 16.1. The molecule has 3 rings (SSSR count). The molecule has 1 heterocycles. The maximum atomic E-state index is 12.4. The first-order valence-electron chi connectivity index (χ1n) is 9.86. The predicted octanol–water partition coefficient (Wildman–Crippen LogP) is 2.35. The molecule has 0 bridgehead atoms. The first-order chi connectivity index (χ1) is 13.3. The molecule has 1 fully saturated rings. The zero-order valence-electron chi connectivity index (χ0n) is 16.2. The van der Waals surface area contributed by atoms with Gasteiger partial charge in [-0.2, -0.15) is 0 Å². The van der Waals surface area contributed by atoms with Crippen molar-refractivity contribution in [2.75, 3.05) is 50.7 Å². The van der Waals surface area contributed by atoms with Gasteiger partial charge in [0.15, 0.2) is 0 Å². The van der Waals surface area contributed by atoms with Crippen LogP contribution >= 0.6 is 0 Å². The number of nitrogens with zero attached hydrogens (tertiary/aromatic N) is 2. The number of benzene rings is 2. The molecule has 0 unspecified atom stereocenters. The summed E-state index contributed by atoms with van der Waals surface area (Å²) < 4.78 is 0. The van der Waals surface area contributed by atoms with E-state index < -0.39 is 0 Å². The molecule has 1 aliphatic rings. The second-order valence-corrected chi connectivity index (χ2v) is 6.89. The Morgan fingerprint density at radius 2 is 1.78 bits per heavy atom. The molecule has 0 aromatic heterocycles. The third-order valence-electron chi connectivity index (χ3n) is 5.02. The number of anilines is 1. The summed E-state index contributed by atoms with van der Waals surface area (Å²) in [5.74, 6) is 0.00259. The Kier molecular flexibility index (Phi) is 7.25. The number of carbonyl (C=O) groups is 1. The average molecular weight is 367 g/mol. The van der Waals surface area contributed by atoms with Gasteiger partial charge >= 0.3 is 0 Å². The van der Waals surface area contributed by atoms with Crippen LogP contribution in [-0.4, -0.2) is 56.6 Å². The van der Waals surface area contributed by atoms with Gasteiger partial charge in [0, 0.05) is 63.6 Å². The summed E-state index contributed by atoms with van der Waals surface area (Å²) in [6.45, 7) is 9.72. The quantitative estimate of drug-likeness (QED) is 0.753. The van der Waals surface area contributed by atoms with Crippen molar-refractivity contribution in [2.45, 2.75) is 13.5 Å². The Hall–Kier alpha value is -2.37. The van der Waals surface area contributed by atoms with Gasteiger partial charge in [-0.3, -0.25) is 9.69 Å². The first-order valence-corrected chi connectivity index (χ1v) is 9.86. The molecule has 0 spiro atoms. The number of hydrogen-bond donors (Lipinski definition) is 2. The maximum Gasteiger partial charge on any atom is 0.251 e. The molecule has 5 nitrogen and oxygen atoms in total. The fourth-order valence-electron chi connectivity index (χ4n) is 3.38. The van der Waals surface area contributed by atoms with Gasteiger partial charge in [0.05, 0.1) is 0 Å². The molecule has 2 aromatic rings. The minimum absolute atomic E-state index is 0.00259. The Morgan fingerprint density at radius 3 is 2.44 bits per heavy atom. The van der Waals surface area contributed by atoms with Crippen LogP contribution in [0.25, 0.3) is 0 Å². The molecule has 5 heteroatoms. The molecule has 1 saturated heterocycles. The van der Waals surface area contributed by atoms with Gasteiger partial charge in [-0.05, 0) is 36.8 Å². The van der Waals surface area contributed by atoms with E-state index in [1.807, 2.05) is 30.3 Å². The van der Waals surface area contributed by atoms with Crippen molar-refractivity contribution in [3.8, 4) is 0 Å². The van der Waals surface area contributed by atoms with E-state index in [1.54, 1.807) is 0 Å². The summed E-state index contributed by atoms with van der Waals surface area (Å²) in [6, 6.07) is 18.4. The van der Waals surface area contributed by atoms with Crippen LogP contribution in [0.5, 0.6) is 0 Å². The lowest BCUT2D eigenvalue weighted by atomic mass is 10.1. The molecule has 0 radical (unpaired) electrons. The number of nitrogens with one attached hydrogen (secondary N) is 2. The van der Waals surface area contributed by atoms with Crippen LogP contribution in [0.15, 0.2) is 54.6 Å². The molecule has 0 aliphatic carbocycles. The van der Waals surface area contributed by atoms with E-state index in [2.05, 4.69) is 51.6 Å². The summed E-state index contributed by atoms with van der Waals surface area (Å²) in [4.78, 5) is 17.1. The van der Waals surface area contributed by atoms with Crippen molar-refractivity contribution in [2.24, 2.45) is 0 Å². The van der Waals surface area contributed by atoms with E-state index in [0.29, 0.717) is 6.54 Å². The van der Waals surface area contributed by atoms with Crippen molar-refractivity contribution in [3.63, 3.8) is 0 Å². The molecule has 2 aromatic carbocycles. The number of hydrogen-bond acceptors (Lipinski definition) is 4. The van der Waals surface area contributed by atoms with E-state index in [-0.39, 0.29) is 5.91 Å². The highest BCUT2D eigenvalue weighted by Crippen LogP contribution is 2.18. The highest BCUT2D eigenvalue weighted by Gasteiger charge is 2.11. The van der Waals surface area contributed by atoms with Crippen LogP contribution in [0, 0.1) is 0 Å². The zero-order chi connectivity index (χ0) is 18.9. The fourth-order valence-corrected chi connectivity index (χ4v) is 3.38. The summed E-state index contributed by atoms with van der Waals surface area (Å²) in [5.41, 5.74) is 3.14. The van der Waals surface area contributed by atoms with Gasteiger partial charge in [-0.1, -0.05) is 30.3 Å². The molecule has 144 valence electrons.